The van der Waals surface area contributed by atoms with Crippen LogP contribution in [0.15, 0.2) is 34.2 Å². The maximum absolute atomic E-state index is 12.0. The van der Waals surface area contributed by atoms with Crippen LogP contribution in [0.5, 0.6) is 0 Å². The molecule has 1 amide bonds. The Bertz CT molecular complexity index is 797. The number of hydrogen-bond acceptors (Lipinski definition) is 4. The molecule has 0 radical (unpaired) electrons. The molecule has 1 unspecified atom stereocenters. The number of rotatable bonds is 10. The first-order valence-electron chi connectivity index (χ1n) is 10.5. The maximum atomic E-state index is 12.0. The lowest BCUT2D eigenvalue weighted by molar-refractivity contribution is -0.129. The summed E-state index contributed by atoms with van der Waals surface area (Å²) in [6.45, 7) is 7.16. The summed E-state index contributed by atoms with van der Waals surface area (Å²) in [4.78, 5) is 19.0. The summed E-state index contributed by atoms with van der Waals surface area (Å²) >= 11 is 0. The van der Waals surface area contributed by atoms with Crippen molar-refractivity contribution >= 4 is 45.7 Å². The van der Waals surface area contributed by atoms with Gasteiger partial charge in [-0.25, -0.2) is 8.42 Å². The molecule has 1 aromatic carbocycles. The minimum atomic E-state index is -3.16. The van der Waals surface area contributed by atoms with Gasteiger partial charge in [0.05, 0.1) is 4.90 Å². The number of nitrogens with one attached hydrogen (secondary N) is 2. The van der Waals surface area contributed by atoms with Gasteiger partial charge in [-0.15, -0.1) is 24.0 Å². The molecule has 0 spiro atoms. The number of benzene rings is 1. The van der Waals surface area contributed by atoms with Crippen LogP contribution in [0.4, 0.5) is 0 Å². The van der Waals surface area contributed by atoms with Crippen molar-refractivity contribution in [2.75, 3.05) is 32.4 Å². The molecule has 30 heavy (non-hydrogen) atoms. The van der Waals surface area contributed by atoms with E-state index in [0.29, 0.717) is 24.4 Å². The number of amides is 1. The van der Waals surface area contributed by atoms with E-state index >= 15 is 0 Å². The van der Waals surface area contributed by atoms with Crippen LogP contribution in [0.2, 0.25) is 0 Å². The summed E-state index contributed by atoms with van der Waals surface area (Å²) in [6, 6.07) is 7.26. The molecule has 2 N–H and O–H groups in total. The topological polar surface area (TPSA) is 90.9 Å². The summed E-state index contributed by atoms with van der Waals surface area (Å²) in [5.41, 5.74) is 1.07. The Morgan fingerprint density at radius 1 is 1.20 bits per heavy atom. The molecule has 1 saturated heterocycles. The third kappa shape index (κ3) is 8.41. The number of likely N-dealkylation sites (tertiary alicyclic amines) is 1. The standard InChI is InChI=1S/C21H34N4O3S.HI/c1-4-18(25-16-6-7-20(25)26)13-15-24-21(22-5-2)23-14-12-17-8-10-19(11-9-17)29(3,27)28;/h8-11,18H,4-7,12-16H2,1-3H3,(H2,22,23,24);1H. The Labute approximate surface area is 198 Å². The second-order valence-corrected chi connectivity index (χ2v) is 9.41. The normalized spacial score (nSPS) is 15.6. The predicted molar refractivity (Wildman–Crippen MR) is 132 cm³/mol. The number of halogens is 1. The van der Waals surface area contributed by atoms with Gasteiger partial charge >= 0.3 is 0 Å². The van der Waals surface area contributed by atoms with Gasteiger partial charge in [-0.1, -0.05) is 19.1 Å². The van der Waals surface area contributed by atoms with E-state index in [4.69, 9.17) is 0 Å². The second kappa shape index (κ2) is 13.1. The molecule has 9 heteroatoms. The van der Waals surface area contributed by atoms with E-state index in [1.54, 1.807) is 12.1 Å². The lowest BCUT2D eigenvalue weighted by Gasteiger charge is -2.26. The zero-order valence-electron chi connectivity index (χ0n) is 18.2. The van der Waals surface area contributed by atoms with E-state index in [1.807, 2.05) is 24.0 Å². The third-order valence-corrected chi connectivity index (χ3v) is 6.28. The Hall–Kier alpha value is -1.36. The molecular weight excluding hydrogens is 515 g/mol. The van der Waals surface area contributed by atoms with Crippen molar-refractivity contribution in [3.8, 4) is 0 Å². The maximum Gasteiger partial charge on any atom is 0.222 e. The summed E-state index contributed by atoms with van der Waals surface area (Å²) in [5.74, 6) is 1.04. The smallest absolute Gasteiger partial charge is 0.222 e. The quantitative estimate of drug-likeness (QED) is 0.266. The number of carbonyl (C=O) groups excluding carboxylic acids is 1. The van der Waals surface area contributed by atoms with E-state index in [9.17, 15) is 13.2 Å². The highest BCUT2D eigenvalue weighted by molar-refractivity contribution is 14.0. The lowest BCUT2D eigenvalue weighted by Crippen LogP contribution is -2.39. The molecule has 1 heterocycles. The fraction of sp³-hybridized carbons (Fsp3) is 0.619. The Morgan fingerprint density at radius 2 is 1.90 bits per heavy atom. The van der Waals surface area contributed by atoms with Gasteiger partial charge in [-0.3, -0.25) is 9.79 Å². The number of carbonyl (C=O) groups is 1. The van der Waals surface area contributed by atoms with Gasteiger partial charge < -0.3 is 15.5 Å². The minimum absolute atomic E-state index is 0. The van der Waals surface area contributed by atoms with E-state index in [0.717, 1.165) is 50.3 Å². The van der Waals surface area contributed by atoms with E-state index in [2.05, 4.69) is 22.5 Å². The number of aliphatic imine (C=N–C) groups is 1. The van der Waals surface area contributed by atoms with Crippen LogP contribution in [0.3, 0.4) is 0 Å². The molecule has 1 aliphatic heterocycles. The molecule has 1 atom stereocenters. The zero-order valence-corrected chi connectivity index (χ0v) is 21.3. The van der Waals surface area contributed by atoms with Crippen LogP contribution in [0.25, 0.3) is 0 Å². The first kappa shape index (κ1) is 26.7. The molecule has 1 aliphatic rings. The number of nitrogens with zero attached hydrogens (tertiary/aromatic N) is 2. The number of sulfone groups is 1. The summed E-state index contributed by atoms with van der Waals surface area (Å²) < 4.78 is 23.1. The summed E-state index contributed by atoms with van der Waals surface area (Å²) in [7, 11) is -3.16. The summed E-state index contributed by atoms with van der Waals surface area (Å²) in [5, 5.41) is 6.57. The van der Waals surface area contributed by atoms with Crippen LogP contribution in [0, 0.1) is 0 Å². The first-order valence-corrected chi connectivity index (χ1v) is 12.3. The van der Waals surface area contributed by atoms with Crippen LogP contribution in [-0.2, 0) is 21.1 Å². The fourth-order valence-electron chi connectivity index (χ4n) is 3.53. The molecule has 0 aromatic heterocycles. The highest BCUT2D eigenvalue weighted by atomic mass is 127. The van der Waals surface area contributed by atoms with Gasteiger partial charge in [-0.2, -0.15) is 0 Å². The largest absolute Gasteiger partial charge is 0.357 e. The van der Waals surface area contributed by atoms with E-state index < -0.39 is 9.84 Å². The van der Waals surface area contributed by atoms with Crippen LogP contribution >= 0.6 is 24.0 Å². The molecule has 1 aromatic rings. The molecule has 7 nitrogen and oxygen atoms in total. The van der Waals surface area contributed by atoms with Crippen LogP contribution in [0.1, 0.15) is 45.1 Å². The van der Waals surface area contributed by atoms with Crippen molar-refractivity contribution in [3.63, 3.8) is 0 Å². The highest BCUT2D eigenvalue weighted by Gasteiger charge is 2.26. The molecule has 0 saturated carbocycles. The molecule has 1 fully saturated rings. The van der Waals surface area contributed by atoms with Crippen molar-refractivity contribution < 1.29 is 13.2 Å². The number of guanidine groups is 1. The van der Waals surface area contributed by atoms with Crippen LogP contribution in [-0.4, -0.2) is 63.7 Å². The average Bonchev–Trinajstić information content (AvgIpc) is 3.10. The van der Waals surface area contributed by atoms with Crippen molar-refractivity contribution in [2.45, 2.75) is 56.9 Å². The van der Waals surface area contributed by atoms with Gasteiger partial charge in [0, 0.05) is 44.9 Å². The Balaban J connectivity index is 0.00000450. The minimum Gasteiger partial charge on any atom is -0.357 e. The van der Waals surface area contributed by atoms with Crippen molar-refractivity contribution in [3.05, 3.63) is 29.8 Å². The molecule has 2 rings (SSSR count). The second-order valence-electron chi connectivity index (χ2n) is 7.39. The van der Waals surface area contributed by atoms with Crippen LogP contribution < -0.4 is 10.6 Å². The van der Waals surface area contributed by atoms with Crippen molar-refractivity contribution in [1.29, 1.82) is 0 Å². The first-order chi connectivity index (χ1) is 13.8. The fourth-order valence-corrected chi connectivity index (χ4v) is 4.16. The molecule has 0 bridgehead atoms. The van der Waals surface area contributed by atoms with Crippen molar-refractivity contribution in [1.82, 2.24) is 15.5 Å². The lowest BCUT2D eigenvalue weighted by atomic mass is 10.1. The molecule has 170 valence electrons. The van der Waals surface area contributed by atoms with Crippen molar-refractivity contribution in [2.24, 2.45) is 4.99 Å². The Morgan fingerprint density at radius 3 is 2.43 bits per heavy atom. The molecular formula is C21H35IN4O3S. The van der Waals surface area contributed by atoms with Gasteiger partial charge in [-0.05, 0) is 50.3 Å². The SMILES string of the molecule is CCNC(=NCCC(CC)N1CCCC1=O)NCCc1ccc(S(C)(=O)=O)cc1.I. The average molecular weight is 551 g/mol. The third-order valence-electron chi connectivity index (χ3n) is 5.16. The van der Waals surface area contributed by atoms with E-state index in [1.165, 1.54) is 6.26 Å². The highest BCUT2D eigenvalue weighted by Crippen LogP contribution is 2.18. The van der Waals surface area contributed by atoms with E-state index in [-0.39, 0.29) is 35.9 Å². The van der Waals surface area contributed by atoms with Gasteiger partial charge in [0.25, 0.3) is 0 Å². The molecule has 0 aliphatic carbocycles. The zero-order chi connectivity index (χ0) is 21.3. The van der Waals surface area contributed by atoms with Gasteiger partial charge in [0.2, 0.25) is 5.91 Å². The monoisotopic (exact) mass is 550 g/mol. The summed E-state index contributed by atoms with van der Waals surface area (Å²) in [6.07, 6.45) is 5.45. The number of hydrogen-bond donors (Lipinski definition) is 2. The van der Waals surface area contributed by atoms with Gasteiger partial charge in [0.1, 0.15) is 0 Å². The predicted octanol–water partition coefficient (Wildman–Crippen LogP) is 2.60. The van der Waals surface area contributed by atoms with Gasteiger partial charge in [0.15, 0.2) is 15.8 Å². The Kier molecular flexibility index (Phi) is 11.7.